The summed E-state index contributed by atoms with van der Waals surface area (Å²) in [5, 5.41) is 0.672. The molecule has 0 aliphatic rings. The number of carbonyl (C=O) groups excluding carboxylic acids is 1. The van der Waals surface area contributed by atoms with Crippen LogP contribution in [-0.2, 0) is 6.54 Å². The first kappa shape index (κ1) is 15.0. The lowest BCUT2D eigenvalue weighted by Crippen LogP contribution is -2.30. The highest BCUT2D eigenvalue weighted by atomic mass is 79.9. The summed E-state index contributed by atoms with van der Waals surface area (Å²) in [4.78, 5) is 18.2. The Hall–Kier alpha value is -1.39. The molecule has 20 heavy (non-hydrogen) atoms. The molecule has 3 nitrogen and oxygen atoms in total. The first-order chi connectivity index (χ1) is 9.61. The molecule has 2 rings (SSSR count). The molecule has 0 unspecified atom stereocenters. The molecular weight excluding hydrogens is 340 g/mol. The molecule has 0 saturated carbocycles. The van der Waals surface area contributed by atoms with E-state index in [1.165, 1.54) is 0 Å². The van der Waals surface area contributed by atoms with Crippen LogP contribution in [0, 0.1) is 0 Å². The van der Waals surface area contributed by atoms with Crippen LogP contribution in [0.25, 0.3) is 0 Å². The van der Waals surface area contributed by atoms with Gasteiger partial charge in [0.1, 0.15) is 0 Å². The van der Waals surface area contributed by atoms with Gasteiger partial charge in [-0.05, 0) is 40.5 Å². The Morgan fingerprint density at radius 2 is 2.10 bits per heavy atom. The summed E-state index contributed by atoms with van der Waals surface area (Å²) in [6.07, 6.45) is 3.23. The number of pyridine rings is 1. The summed E-state index contributed by atoms with van der Waals surface area (Å²) < 4.78 is 0.789. The van der Waals surface area contributed by atoms with Crippen LogP contribution in [0.15, 0.2) is 47.2 Å². The van der Waals surface area contributed by atoms with E-state index in [1.807, 2.05) is 31.2 Å². The zero-order valence-electron chi connectivity index (χ0n) is 11.0. The molecular formula is C15H14BrClN2O. The van der Waals surface area contributed by atoms with Crippen LogP contribution < -0.4 is 0 Å². The van der Waals surface area contributed by atoms with E-state index in [9.17, 15) is 4.79 Å². The van der Waals surface area contributed by atoms with Crippen molar-refractivity contribution in [2.24, 2.45) is 0 Å². The second-order valence-corrected chi connectivity index (χ2v) is 5.63. The molecule has 5 heteroatoms. The average molecular weight is 354 g/mol. The molecule has 0 saturated heterocycles. The van der Waals surface area contributed by atoms with Crippen LogP contribution >= 0.6 is 27.5 Å². The van der Waals surface area contributed by atoms with Crippen LogP contribution in [0.2, 0.25) is 5.02 Å². The lowest BCUT2D eigenvalue weighted by atomic mass is 10.2. The van der Waals surface area contributed by atoms with Gasteiger partial charge in [0.25, 0.3) is 5.91 Å². The maximum absolute atomic E-state index is 12.5. The van der Waals surface area contributed by atoms with Crippen LogP contribution in [0.1, 0.15) is 22.8 Å². The van der Waals surface area contributed by atoms with Crippen molar-refractivity contribution in [3.8, 4) is 0 Å². The van der Waals surface area contributed by atoms with Crippen LogP contribution in [-0.4, -0.2) is 22.3 Å². The molecule has 1 aromatic heterocycles. The third-order valence-corrected chi connectivity index (χ3v) is 3.74. The van der Waals surface area contributed by atoms with Gasteiger partial charge in [-0.1, -0.05) is 29.8 Å². The van der Waals surface area contributed by atoms with Crippen molar-refractivity contribution < 1.29 is 4.79 Å². The number of nitrogens with zero attached hydrogens (tertiary/aromatic N) is 2. The van der Waals surface area contributed by atoms with E-state index in [4.69, 9.17) is 11.6 Å². The van der Waals surface area contributed by atoms with E-state index in [2.05, 4.69) is 20.9 Å². The van der Waals surface area contributed by atoms with Crippen molar-refractivity contribution >= 4 is 33.4 Å². The van der Waals surface area contributed by atoms with Gasteiger partial charge >= 0.3 is 0 Å². The zero-order chi connectivity index (χ0) is 14.5. The first-order valence-corrected chi connectivity index (χ1v) is 7.42. The predicted octanol–water partition coefficient (Wildman–Crippen LogP) is 4.16. The second-order valence-electron chi connectivity index (χ2n) is 4.30. The monoisotopic (exact) mass is 352 g/mol. The van der Waals surface area contributed by atoms with Crippen molar-refractivity contribution in [2.45, 2.75) is 13.5 Å². The van der Waals surface area contributed by atoms with E-state index in [0.717, 1.165) is 10.0 Å². The van der Waals surface area contributed by atoms with E-state index in [0.29, 0.717) is 23.7 Å². The largest absolute Gasteiger partial charge is 0.334 e. The number of carbonyl (C=O) groups is 1. The van der Waals surface area contributed by atoms with E-state index in [-0.39, 0.29) is 5.91 Å². The van der Waals surface area contributed by atoms with Crippen molar-refractivity contribution in [3.05, 3.63) is 63.3 Å². The second kappa shape index (κ2) is 6.86. The molecule has 1 heterocycles. The maximum atomic E-state index is 12.5. The fourth-order valence-corrected chi connectivity index (χ4v) is 2.43. The van der Waals surface area contributed by atoms with Gasteiger partial charge in [-0.15, -0.1) is 0 Å². The predicted molar refractivity (Wildman–Crippen MR) is 83.8 cm³/mol. The fourth-order valence-electron chi connectivity index (χ4n) is 1.87. The first-order valence-electron chi connectivity index (χ1n) is 6.25. The number of halogens is 2. The molecule has 1 amide bonds. The van der Waals surface area contributed by atoms with Gasteiger partial charge in [0.05, 0.1) is 5.56 Å². The third kappa shape index (κ3) is 3.58. The Bertz CT molecular complexity index is 618. The molecule has 0 bridgehead atoms. The standard InChI is InChI=1S/C15H14BrClN2O/c1-2-19(10-11-5-3-4-6-14(11)17)15(20)12-7-13(16)9-18-8-12/h3-9H,2,10H2,1H3. The zero-order valence-corrected chi connectivity index (χ0v) is 13.4. The van der Waals surface area contributed by atoms with Gasteiger partial charge in [0.15, 0.2) is 0 Å². The number of aromatic nitrogens is 1. The summed E-state index contributed by atoms with van der Waals surface area (Å²) in [5.41, 5.74) is 1.50. The molecule has 2 aromatic rings. The lowest BCUT2D eigenvalue weighted by molar-refractivity contribution is 0.0752. The minimum absolute atomic E-state index is 0.0544. The lowest BCUT2D eigenvalue weighted by Gasteiger charge is -2.21. The highest BCUT2D eigenvalue weighted by Crippen LogP contribution is 2.19. The molecule has 0 aliphatic heterocycles. The van der Waals surface area contributed by atoms with E-state index >= 15 is 0 Å². The van der Waals surface area contributed by atoms with Crippen LogP contribution in [0.3, 0.4) is 0 Å². The highest BCUT2D eigenvalue weighted by molar-refractivity contribution is 9.10. The molecule has 0 radical (unpaired) electrons. The van der Waals surface area contributed by atoms with Gasteiger partial charge in [0.2, 0.25) is 0 Å². The van der Waals surface area contributed by atoms with Crippen molar-refractivity contribution in [3.63, 3.8) is 0 Å². The third-order valence-electron chi connectivity index (χ3n) is 2.94. The molecule has 0 spiro atoms. The molecule has 0 atom stereocenters. The Kier molecular flexibility index (Phi) is 5.15. The van der Waals surface area contributed by atoms with Gasteiger partial charge < -0.3 is 4.90 Å². The number of hydrogen-bond acceptors (Lipinski definition) is 2. The normalized spacial score (nSPS) is 10.3. The maximum Gasteiger partial charge on any atom is 0.255 e. The Balaban J connectivity index is 2.20. The van der Waals surface area contributed by atoms with Crippen molar-refractivity contribution in [1.29, 1.82) is 0 Å². The Morgan fingerprint density at radius 3 is 2.75 bits per heavy atom. The SMILES string of the molecule is CCN(Cc1ccccc1Cl)C(=O)c1cncc(Br)c1. The highest BCUT2D eigenvalue weighted by Gasteiger charge is 2.16. The van der Waals surface area contributed by atoms with Crippen LogP contribution in [0.5, 0.6) is 0 Å². The smallest absolute Gasteiger partial charge is 0.255 e. The number of hydrogen-bond donors (Lipinski definition) is 0. The summed E-state index contributed by atoms with van der Waals surface area (Å²) in [7, 11) is 0. The minimum Gasteiger partial charge on any atom is -0.334 e. The van der Waals surface area contributed by atoms with Crippen LogP contribution in [0.4, 0.5) is 0 Å². The summed E-state index contributed by atoms with van der Waals surface area (Å²) in [5.74, 6) is -0.0544. The average Bonchev–Trinajstić information content (AvgIpc) is 2.46. The molecule has 0 aliphatic carbocycles. The van der Waals surface area contributed by atoms with Gasteiger partial charge in [-0.3, -0.25) is 9.78 Å². The summed E-state index contributed by atoms with van der Waals surface area (Å²) in [6, 6.07) is 9.32. The van der Waals surface area contributed by atoms with E-state index < -0.39 is 0 Å². The van der Waals surface area contributed by atoms with Crippen molar-refractivity contribution in [1.82, 2.24) is 9.88 Å². The summed E-state index contributed by atoms with van der Waals surface area (Å²) >= 11 is 9.47. The van der Waals surface area contributed by atoms with Gasteiger partial charge in [-0.2, -0.15) is 0 Å². The Morgan fingerprint density at radius 1 is 1.35 bits per heavy atom. The minimum atomic E-state index is -0.0544. The quantitative estimate of drug-likeness (QED) is 0.827. The van der Waals surface area contributed by atoms with Gasteiger partial charge in [0, 0.05) is 35.0 Å². The van der Waals surface area contributed by atoms with Crippen molar-refractivity contribution in [2.75, 3.05) is 6.54 Å². The topological polar surface area (TPSA) is 33.2 Å². The van der Waals surface area contributed by atoms with E-state index in [1.54, 1.807) is 23.4 Å². The molecule has 104 valence electrons. The molecule has 0 fully saturated rings. The number of benzene rings is 1. The molecule has 1 aromatic carbocycles. The molecule has 0 N–H and O–H groups in total. The number of amides is 1. The van der Waals surface area contributed by atoms with Gasteiger partial charge in [-0.25, -0.2) is 0 Å². The summed E-state index contributed by atoms with van der Waals surface area (Å²) in [6.45, 7) is 3.04. The fraction of sp³-hybridized carbons (Fsp3) is 0.200. The number of rotatable bonds is 4. The Labute approximate surface area is 131 Å².